The molecule has 3 fully saturated rings. The van der Waals surface area contributed by atoms with Crippen LogP contribution in [-0.4, -0.2) is 153 Å². The summed E-state index contributed by atoms with van der Waals surface area (Å²) >= 11 is 0. The number of hydrogen-bond acceptors (Lipinski definition) is 15. The van der Waals surface area contributed by atoms with Crippen LogP contribution in [0.2, 0.25) is 0 Å². The zero-order valence-corrected chi connectivity index (χ0v) is 35.3. The van der Waals surface area contributed by atoms with Crippen LogP contribution < -0.4 is 0 Å². The van der Waals surface area contributed by atoms with Crippen molar-refractivity contribution in [3.8, 4) is 12.3 Å². The number of cyclic esters (lactones) is 1. The van der Waals surface area contributed by atoms with Crippen molar-refractivity contribution in [1.82, 2.24) is 4.90 Å². The summed E-state index contributed by atoms with van der Waals surface area (Å²) in [5.41, 5.74) is -8.41. The number of aliphatic hydroxyl groups is 5. The Hall–Kier alpha value is -1.88. The zero-order valence-electron chi connectivity index (χ0n) is 35.3. The van der Waals surface area contributed by atoms with Crippen LogP contribution >= 0.6 is 0 Å². The summed E-state index contributed by atoms with van der Waals surface area (Å²) in [6, 6.07) is -1.65. The van der Waals surface area contributed by atoms with Crippen LogP contribution in [0.5, 0.6) is 0 Å². The van der Waals surface area contributed by atoms with E-state index >= 15 is 4.39 Å². The summed E-state index contributed by atoms with van der Waals surface area (Å²) < 4.78 is 54.2. The second-order valence-electron chi connectivity index (χ2n) is 17.5. The predicted octanol–water partition coefficient (Wildman–Crippen LogP) is 2.84. The molecule has 3 aliphatic heterocycles. The number of esters is 1. The average molecular weight is 805 g/mol. The fourth-order valence-electron chi connectivity index (χ4n) is 9.12. The number of methoxy groups -OCH3 is 1. The number of alkyl halides is 1. The van der Waals surface area contributed by atoms with Gasteiger partial charge >= 0.3 is 5.97 Å². The molecule has 3 heterocycles. The molecular formula is C40H69FN2O13. The van der Waals surface area contributed by atoms with Crippen LogP contribution in [0.4, 0.5) is 4.39 Å². The van der Waals surface area contributed by atoms with Crippen molar-refractivity contribution in [2.24, 2.45) is 22.9 Å². The third kappa shape index (κ3) is 10.3. The maximum absolute atomic E-state index is 17.7. The normalized spacial score (nSPS) is 48.8. The van der Waals surface area contributed by atoms with Gasteiger partial charge < -0.3 is 54.0 Å². The van der Waals surface area contributed by atoms with E-state index in [1.165, 1.54) is 34.8 Å². The summed E-state index contributed by atoms with van der Waals surface area (Å²) in [5.74, 6) is -1.93. The highest BCUT2D eigenvalue weighted by Crippen LogP contribution is 2.43. The first-order valence-electron chi connectivity index (χ1n) is 19.9. The number of nitrogens with zero attached hydrogens (tertiary/aromatic N) is 2. The first-order chi connectivity index (χ1) is 25.8. The SMILES string of the molecule is C#CCCN(C)[C@H]1C[C@@H](C)OC(O[C@@H]2[C@@H](C)[C@H](OC3C[C@@](C)(OC)[C@@H](O)[C@H](C)O3)[C@](C)(F)C(=O)O[C@H](CC)[C@@](C)(O)[C@H](O)[C@@H](C)C(N=O)[C@H](C)C[C@@]2(C)O)[C@@H]1O. The van der Waals surface area contributed by atoms with E-state index in [-0.39, 0.29) is 19.3 Å². The van der Waals surface area contributed by atoms with Crippen molar-refractivity contribution in [1.29, 1.82) is 0 Å². The minimum Gasteiger partial charge on any atom is -0.457 e. The summed E-state index contributed by atoms with van der Waals surface area (Å²) in [7, 11) is 3.22. The number of nitroso groups, excluding NO2 is 1. The number of carbonyl (C=O) groups excluding carboxylic acids is 1. The summed E-state index contributed by atoms with van der Waals surface area (Å²) in [6.07, 6.45) is -6.77. The fourth-order valence-corrected chi connectivity index (χ4v) is 9.12. The second-order valence-corrected chi connectivity index (χ2v) is 17.5. The Labute approximate surface area is 331 Å². The molecule has 0 aromatic carbocycles. The number of rotatable bonds is 10. The van der Waals surface area contributed by atoms with E-state index in [1.807, 2.05) is 11.9 Å². The topological polar surface area (TPSA) is 206 Å². The summed E-state index contributed by atoms with van der Waals surface area (Å²) in [6.45, 7) is 15.4. The molecule has 3 saturated heterocycles. The second kappa shape index (κ2) is 19.0. The van der Waals surface area contributed by atoms with Crippen LogP contribution in [0, 0.1) is 35.0 Å². The van der Waals surface area contributed by atoms with E-state index in [0.717, 1.165) is 6.92 Å². The lowest BCUT2D eigenvalue weighted by molar-refractivity contribution is -0.323. The van der Waals surface area contributed by atoms with Crippen LogP contribution in [0.3, 0.4) is 0 Å². The Kier molecular flexibility index (Phi) is 16.5. The minimum absolute atomic E-state index is 0.0474. The Balaban J connectivity index is 2.25. The molecule has 56 heavy (non-hydrogen) atoms. The molecule has 19 atom stereocenters. The molecule has 0 saturated carbocycles. The highest BCUT2D eigenvalue weighted by Gasteiger charge is 2.58. The molecule has 15 nitrogen and oxygen atoms in total. The molecule has 16 heteroatoms. The van der Waals surface area contributed by atoms with Crippen molar-refractivity contribution in [2.75, 3.05) is 20.7 Å². The largest absolute Gasteiger partial charge is 0.457 e. The molecule has 3 aliphatic rings. The van der Waals surface area contributed by atoms with Crippen LogP contribution in [-0.2, 0) is 33.2 Å². The first-order valence-corrected chi connectivity index (χ1v) is 19.9. The van der Waals surface area contributed by atoms with Crippen LogP contribution in [0.1, 0.15) is 101 Å². The van der Waals surface area contributed by atoms with Crippen molar-refractivity contribution < 1.29 is 63.1 Å². The Morgan fingerprint density at radius 2 is 1.61 bits per heavy atom. The molecule has 3 rings (SSSR count). The van der Waals surface area contributed by atoms with E-state index in [9.17, 15) is 35.2 Å². The van der Waals surface area contributed by atoms with Gasteiger partial charge in [-0.05, 0) is 73.8 Å². The molecule has 0 spiro atoms. The maximum Gasteiger partial charge on any atom is 0.346 e. The number of halogens is 1. The summed E-state index contributed by atoms with van der Waals surface area (Å²) in [4.78, 5) is 28.5. The van der Waals surface area contributed by atoms with Gasteiger partial charge in [0.1, 0.15) is 30.0 Å². The van der Waals surface area contributed by atoms with E-state index < -0.39 is 120 Å². The van der Waals surface area contributed by atoms with Gasteiger partial charge in [-0.15, -0.1) is 12.3 Å². The first kappa shape index (κ1) is 48.5. The number of aliphatic hydroxyl groups excluding tert-OH is 3. The highest BCUT2D eigenvalue weighted by atomic mass is 19.1. The molecular weight excluding hydrogens is 735 g/mol. The highest BCUT2D eigenvalue weighted by molar-refractivity contribution is 5.80. The predicted molar refractivity (Wildman–Crippen MR) is 204 cm³/mol. The fraction of sp³-hybridized carbons (Fsp3) is 0.925. The van der Waals surface area contributed by atoms with Crippen molar-refractivity contribution in [3.63, 3.8) is 0 Å². The van der Waals surface area contributed by atoms with Gasteiger partial charge in [0.05, 0.1) is 41.7 Å². The van der Waals surface area contributed by atoms with Gasteiger partial charge in [0.2, 0.25) is 5.67 Å². The number of likely N-dealkylation sites (N-methyl/N-ethyl adjacent to an activating group) is 1. The lowest BCUT2D eigenvalue weighted by Crippen LogP contribution is -2.64. The summed E-state index contributed by atoms with van der Waals surface area (Å²) in [5, 5.41) is 61.6. The third-order valence-electron chi connectivity index (χ3n) is 12.7. The van der Waals surface area contributed by atoms with Crippen LogP contribution in [0.15, 0.2) is 5.18 Å². The lowest BCUT2D eigenvalue weighted by atomic mass is 9.72. The number of ether oxygens (including phenoxy) is 6. The smallest absolute Gasteiger partial charge is 0.346 e. The van der Waals surface area contributed by atoms with Gasteiger partial charge in [0.15, 0.2) is 12.6 Å². The molecule has 0 bridgehead atoms. The van der Waals surface area contributed by atoms with Gasteiger partial charge in [-0.1, -0.05) is 32.9 Å². The standard InChI is InChI=1S/C40H69FN2O13/c1-14-16-17-43(12)26-18-22(4)52-35(30(26)44)56-33-24(6)34(55-28-20-38(9,51-13)32(46)25(7)53-28)39(10,41)36(47)54-27(15-2)40(11,49)31(45)23(5)29(42-50)21(3)19-37(33,8)48/h1,21-35,44-46,48-49H,15-20H2,2-13H3/t21-,22-,23+,24-,25+,26+,27-,28?,29?,30-,31-,32+,33-,34+,35?,37-,38-,39+,40-/m1/s1. The van der Waals surface area contributed by atoms with Crippen molar-refractivity contribution in [2.45, 2.75) is 197 Å². The minimum atomic E-state index is -3.05. The van der Waals surface area contributed by atoms with Crippen molar-refractivity contribution in [3.05, 3.63) is 4.91 Å². The van der Waals surface area contributed by atoms with E-state index in [0.29, 0.717) is 19.4 Å². The molecule has 0 aromatic heterocycles. The van der Waals surface area contributed by atoms with E-state index in [2.05, 4.69) is 11.1 Å². The maximum atomic E-state index is 17.7. The number of hydrogen-bond donors (Lipinski definition) is 5. The van der Waals surface area contributed by atoms with E-state index in [1.54, 1.807) is 34.6 Å². The van der Waals surface area contributed by atoms with Crippen LogP contribution in [0.25, 0.3) is 0 Å². The molecule has 0 aliphatic carbocycles. The van der Waals surface area contributed by atoms with E-state index in [4.69, 9.17) is 34.8 Å². The zero-order chi connectivity index (χ0) is 42.7. The average Bonchev–Trinajstić information content (AvgIpc) is 3.12. The molecule has 0 aromatic rings. The van der Waals surface area contributed by atoms with Gasteiger partial charge in [0, 0.05) is 44.4 Å². The number of carbonyl (C=O) groups is 1. The monoisotopic (exact) mass is 804 g/mol. The Bertz CT molecular complexity index is 1350. The van der Waals surface area contributed by atoms with Crippen molar-refractivity contribution >= 4 is 5.97 Å². The van der Waals surface area contributed by atoms with Gasteiger partial charge in [-0.3, -0.25) is 4.90 Å². The van der Waals surface area contributed by atoms with Gasteiger partial charge in [-0.2, -0.15) is 4.91 Å². The molecule has 5 N–H and O–H groups in total. The van der Waals surface area contributed by atoms with Gasteiger partial charge in [-0.25, -0.2) is 9.18 Å². The molecule has 3 unspecified atom stereocenters. The Morgan fingerprint density at radius 1 is 0.982 bits per heavy atom. The van der Waals surface area contributed by atoms with Gasteiger partial charge in [0.25, 0.3) is 0 Å². The molecule has 0 radical (unpaired) electrons. The molecule has 324 valence electrons. The lowest BCUT2D eigenvalue weighted by Gasteiger charge is -2.50. The Morgan fingerprint density at radius 3 is 2.16 bits per heavy atom. The third-order valence-corrected chi connectivity index (χ3v) is 12.7. The quantitative estimate of drug-likeness (QED) is 0.122. The number of terminal acetylenes is 1. The molecule has 0 amide bonds.